The van der Waals surface area contributed by atoms with Crippen LogP contribution in [0.5, 0.6) is 0 Å². The van der Waals surface area contributed by atoms with Crippen molar-refractivity contribution in [1.82, 2.24) is 0 Å². The third-order valence-electron chi connectivity index (χ3n) is 3.43. The van der Waals surface area contributed by atoms with Crippen molar-refractivity contribution in [3.8, 4) is 0 Å². The van der Waals surface area contributed by atoms with Crippen molar-refractivity contribution in [2.24, 2.45) is 5.73 Å². The number of piperidine rings is 1. The SMILES string of the molecule is Cc1ccc(C)c(N2CCCC(C)(N)C2)c1. The molecule has 1 heterocycles. The van der Waals surface area contributed by atoms with Gasteiger partial charge in [0.1, 0.15) is 0 Å². The first kappa shape index (κ1) is 11.5. The maximum Gasteiger partial charge on any atom is 0.0399 e. The maximum absolute atomic E-state index is 6.25. The Kier molecular flexibility index (Phi) is 2.94. The van der Waals surface area contributed by atoms with Crippen molar-refractivity contribution < 1.29 is 0 Å². The Balaban J connectivity index is 2.26. The molecule has 1 unspecified atom stereocenters. The summed E-state index contributed by atoms with van der Waals surface area (Å²) >= 11 is 0. The zero-order valence-corrected chi connectivity index (χ0v) is 10.6. The molecule has 0 radical (unpaired) electrons. The number of nitrogens with zero attached hydrogens (tertiary/aromatic N) is 1. The van der Waals surface area contributed by atoms with Gasteiger partial charge in [0.15, 0.2) is 0 Å². The molecule has 0 saturated carbocycles. The fraction of sp³-hybridized carbons (Fsp3) is 0.571. The standard InChI is InChI=1S/C14H22N2/c1-11-5-6-12(2)13(9-11)16-8-4-7-14(3,15)10-16/h5-6,9H,4,7-8,10,15H2,1-3H3. The first-order valence-electron chi connectivity index (χ1n) is 6.09. The van der Waals surface area contributed by atoms with Crippen molar-refractivity contribution >= 4 is 5.69 Å². The summed E-state index contributed by atoms with van der Waals surface area (Å²) in [7, 11) is 0. The van der Waals surface area contributed by atoms with Crippen molar-refractivity contribution in [2.75, 3.05) is 18.0 Å². The van der Waals surface area contributed by atoms with Crippen molar-refractivity contribution in [3.05, 3.63) is 29.3 Å². The van der Waals surface area contributed by atoms with Crippen molar-refractivity contribution in [2.45, 2.75) is 39.2 Å². The van der Waals surface area contributed by atoms with Gasteiger partial charge < -0.3 is 10.6 Å². The van der Waals surface area contributed by atoms with Crippen LogP contribution < -0.4 is 10.6 Å². The molecule has 1 saturated heterocycles. The Morgan fingerprint density at radius 1 is 1.31 bits per heavy atom. The summed E-state index contributed by atoms with van der Waals surface area (Å²) in [5.74, 6) is 0. The van der Waals surface area contributed by atoms with Crippen LogP contribution in [0.4, 0.5) is 5.69 Å². The fourth-order valence-electron chi connectivity index (χ4n) is 2.53. The molecule has 1 aliphatic rings. The van der Waals surface area contributed by atoms with Crippen molar-refractivity contribution in [3.63, 3.8) is 0 Å². The summed E-state index contributed by atoms with van der Waals surface area (Å²) in [5.41, 5.74) is 10.3. The van der Waals surface area contributed by atoms with E-state index in [2.05, 4.69) is 43.9 Å². The van der Waals surface area contributed by atoms with Crippen molar-refractivity contribution in [1.29, 1.82) is 0 Å². The summed E-state index contributed by atoms with van der Waals surface area (Å²) in [6, 6.07) is 6.65. The van der Waals surface area contributed by atoms with Crippen LogP contribution in [0.25, 0.3) is 0 Å². The summed E-state index contributed by atoms with van der Waals surface area (Å²) in [4.78, 5) is 2.44. The highest BCUT2D eigenvalue weighted by atomic mass is 15.2. The number of hydrogen-bond donors (Lipinski definition) is 1. The molecule has 0 bridgehead atoms. The van der Waals surface area contributed by atoms with Crippen LogP contribution in [0.1, 0.15) is 30.9 Å². The average Bonchev–Trinajstić information content (AvgIpc) is 2.20. The van der Waals surface area contributed by atoms with E-state index in [1.807, 2.05) is 0 Å². The largest absolute Gasteiger partial charge is 0.369 e. The van der Waals surface area contributed by atoms with Gasteiger partial charge in [-0.15, -0.1) is 0 Å². The van der Waals surface area contributed by atoms with Crippen LogP contribution in [0.3, 0.4) is 0 Å². The number of aryl methyl sites for hydroxylation is 2. The number of benzene rings is 1. The molecule has 1 fully saturated rings. The number of rotatable bonds is 1. The topological polar surface area (TPSA) is 29.3 Å². The van der Waals surface area contributed by atoms with E-state index >= 15 is 0 Å². The van der Waals surface area contributed by atoms with E-state index in [0.29, 0.717) is 0 Å². The lowest BCUT2D eigenvalue weighted by Gasteiger charge is -2.40. The molecule has 2 N–H and O–H groups in total. The summed E-state index contributed by atoms with van der Waals surface area (Å²) < 4.78 is 0. The molecular weight excluding hydrogens is 196 g/mol. The van der Waals surface area contributed by atoms with Gasteiger partial charge in [0.25, 0.3) is 0 Å². The predicted octanol–water partition coefficient (Wildman–Crippen LogP) is 2.62. The second kappa shape index (κ2) is 4.10. The molecule has 1 aromatic rings. The van der Waals surface area contributed by atoms with Gasteiger partial charge in [-0.05, 0) is 50.8 Å². The maximum atomic E-state index is 6.25. The zero-order chi connectivity index (χ0) is 11.8. The molecule has 2 rings (SSSR count). The molecule has 16 heavy (non-hydrogen) atoms. The summed E-state index contributed by atoms with van der Waals surface area (Å²) in [6.45, 7) is 8.59. The van der Waals surface area contributed by atoms with E-state index in [1.54, 1.807) is 0 Å². The molecule has 1 atom stereocenters. The lowest BCUT2D eigenvalue weighted by atomic mass is 9.91. The smallest absolute Gasteiger partial charge is 0.0399 e. The first-order valence-corrected chi connectivity index (χ1v) is 6.09. The van der Waals surface area contributed by atoms with E-state index in [1.165, 1.54) is 23.2 Å². The Hall–Kier alpha value is -1.02. The van der Waals surface area contributed by atoms with E-state index in [4.69, 9.17) is 5.73 Å². The lowest BCUT2D eigenvalue weighted by Crippen LogP contribution is -2.52. The highest BCUT2D eigenvalue weighted by Gasteiger charge is 2.27. The lowest BCUT2D eigenvalue weighted by molar-refractivity contribution is 0.374. The summed E-state index contributed by atoms with van der Waals surface area (Å²) in [5, 5.41) is 0. The van der Waals surface area contributed by atoms with Crippen LogP contribution >= 0.6 is 0 Å². The molecule has 0 aromatic heterocycles. The van der Waals surface area contributed by atoms with Gasteiger partial charge in [0.05, 0.1) is 0 Å². The van der Waals surface area contributed by atoms with Gasteiger partial charge >= 0.3 is 0 Å². The minimum absolute atomic E-state index is 0.0333. The number of nitrogens with two attached hydrogens (primary N) is 1. The van der Waals surface area contributed by atoms with Gasteiger partial charge in [-0.25, -0.2) is 0 Å². The number of hydrogen-bond acceptors (Lipinski definition) is 2. The van der Waals surface area contributed by atoms with E-state index in [9.17, 15) is 0 Å². The van der Waals surface area contributed by atoms with E-state index < -0.39 is 0 Å². The van der Waals surface area contributed by atoms with Gasteiger partial charge in [-0.1, -0.05) is 12.1 Å². The molecular formula is C14H22N2. The molecule has 0 spiro atoms. The molecule has 0 aliphatic carbocycles. The second-order valence-corrected chi connectivity index (χ2v) is 5.47. The fourth-order valence-corrected chi connectivity index (χ4v) is 2.53. The van der Waals surface area contributed by atoms with Crippen LogP contribution in [0.2, 0.25) is 0 Å². The Bertz CT molecular complexity index is 382. The van der Waals surface area contributed by atoms with Gasteiger partial charge in [0.2, 0.25) is 0 Å². The van der Waals surface area contributed by atoms with Gasteiger partial charge in [-0.3, -0.25) is 0 Å². The summed E-state index contributed by atoms with van der Waals surface area (Å²) in [6.07, 6.45) is 2.33. The Morgan fingerprint density at radius 3 is 2.75 bits per heavy atom. The van der Waals surface area contributed by atoms with Gasteiger partial charge in [-0.2, -0.15) is 0 Å². The first-order chi connectivity index (χ1) is 7.48. The molecule has 2 nitrogen and oxygen atoms in total. The Morgan fingerprint density at radius 2 is 2.06 bits per heavy atom. The minimum atomic E-state index is -0.0333. The molecule has 2 heteroatoms. The minimum Gasteiger partial charge on any atom is -0.369 e. The normalized spacial score (nSPS) is 25.9. The highest BCUT2D eigenvalue weighted by Crippen LogP contribution is 2.27. The molecule has 88 valence electrons. The predicted molar refractivity (Wildman–Crippen MR) is 70.0 cm³/mol. The Labute approximate surface area is 98.4 Å². The van der Waals surface area contributed by atoms with Crippen LogP contribution in [-0.4, -0.2) is 18.6 Å². The number of anilines is 1. The molecule has 1 aliphatic heterocycles. The van der Waals surface area contributed by atoms with Gasteiger partial charge in [0, 0.05) is 24.3 Å². The average molecular weight is 218 g/mol. The highest BCUT2D eigenvalue weighted by molar-refractivity contribution is 5.55. The zero-order valence-electron chi connectivity index (χ0n) is 10.6. The van der Waals surface area contributed by atoms with E-state index in [0.717, 1.165) is 19.5 Å². The van der Waals surface area contributed by atoms with Crippen LogP contribution in [0.15, 0.2) is 18.2 Å². The monoisotopic (exact) mass is 218 g/mol. The third kappa shape index (κ3) is 2.38. The third-order valence-corrected chi connectivity index (χ3v) is 3.43. The second-order valence-electron chi connectivity index (χ2n) is 5.47. The molecule has 1 aromatic carbocycles. The van der Waals surface area contributed by atoms with Crippen LogP contribution in [-0.2, 0) is 0 Å². The van der Waals surface area contributed by atoms with Crippen LogP contribution in [0, 0.1) is 13.8 Å². The quantitative estimate of drug-likeness (QED) is 0.785. The van der Waals surface area contributed by atoms with E-state index in [-0.39, 0.29) is 5.54 Å². The molecule has 0 amide bonds.